The van der Waals surface area contributed by atoms with Crippen LogP contribution in [0.5, 0.6) is 11.6 Å². The molecule has 0 aliphatic rings. The standard InChI is InChI=1S/C16H19N3O2/c1-3-11(2)12-7-4-5-9-14(12)21-16-13(15(17)19-20)8-6-10-18-16/h4-11,20H,3H2,1-2H3,(H2,17,19). The number of benzene rings is 1. The van der Waals surface area contributed by atoms with Crippen LogP contribution < -0.4 is 10.5 Å². The molecule has 1 aromatic heterocycles. The summed E-state index contributed by atoms with van der Waals surface area (Å²) < 4.78 is 5.90. The van der Waals surface area contributed by atoms with E-state index in [-0.39, 0.29) is 5.84 Å². The van der Waals surface area contributed by atoms with Crippen LogP contribution in [0.25, 0.3) is 0 Å². The van der Waals surface area contributed by atoms with Gasteiger partial charge in [0.15, 0.2) is 5.84 Å². The summed E-state index contributed by atoms with van der Waals surface area (Å²) in [7, 11) is 0. The van der Waals surface area contributed by atoms with E-state index in [4.69, 9.17) is 15.7 Å². The van der Waals surface area contributed by atoms with E-state index < -0.39 is 0 Å². The van der Waals surface area contributed by atoms with Crippen LogP contribution in [-0.2, 0) is 0 Å². The van der Waals surface area contributed by atoms with Crippen LogP contribution in [-0.4, -0.2) is 16.0 Å². The number of ether oxygens (including phenoxy) is 1. The number of nitrogens with zero attached hydrogens (tertiary/aromatic N) is 2. The molecule has 21 heavy (non-hydrogen) atoms. The minimum absolute atomic E-state index is 0.0286. The molecular formula is C16H19N3O2. The normalized spacial score (nSPS) is 13.0. The van der Waals surface area contributed by atoms with Crippen LogP contribution >= 0.6 is 0 Å². The molecular weight excluding hydrogens is 266 g/mol. The lowest BCUT2D eigenvalue weighted by Gasteiger charge is -2.16. The van der Waals surface area contributed by atoms with Gasteiger partial charge in [-0.25, -0.2) is 4.98 Å². The summed E-state index contributed by atoms with van der Waals surface area (Å²) in [4.78, 5) is 4.18. The van der Waals surface area contributed by atoms with Crippen LogP contribution in [0.2, 0.25) is 0 Å². The number of aromatic nitrogens is 1. The molecule has 1 atom stereocenters. The van der Waals surface area contributed by atoms with Crippen molar-refractivity contribution in [2.24, 2.45) is 10.9 Å². The maximum Gasteiger partial charge on any atom is 0.230 e. The average Bonchev–Trinajstić information content (AvgIpc) is 2.54. The molecule has 0 aliphatic heterocycles. The van der Waals surface area contributed by atoms with Crippen molar-refractivity contribution in [1.29, 1.82) is 0 Å². The van der Waals surface area contributed by atoms with Crippen LogP contribution in [0.15, 0.2) is 47.8 Å². The molecule has 1 heterocycles. The van der Waals surface area contributed by atoms with Crippen molar-refractivity contribution in [3.63, 3.8) is 0 Å². The lowest BCUT2D eigenvalue weighted by atomic mass is 9.98. The highest BCUT2D eigenvalue weighted by atomic mass is 16.5. The minimum atomic E-state index is -0.0286. The van der Waals surface area contributed by atoms with Gasteiger partial charge >= 0.3 is 0 Å². The fraction of sp³-hybridized carbons (Fsp3) is 0.250. The van der Waals surface area contributed by atoms with E-state index in [0.717, 1.165) is 17.7 Å². The molecule has 5 heteroatoms. The van der Waals surface area contributed by atoms with E-state index in [1.54, 1.807) is 18.3 Å². The van der Waals surface area contributed by atoms with Gasteiger partial charge in [-0.1, -0.05) is 37.2 Å². The molecule has 0 bridgehead atoms. The van der Waals surface area contributed by atoms with E-state index >= 15 is 0 Å². The molecule has 0 spiro atoms. The summed E-state index contributed by atoms with van der Waals surface area (Å²) in [6, 6.07) is 11.2. The lowest BCUT2D eigenvalue weighted by molar-refractivity contribution is 0.318. The average molecular weight is 285 g/mol. The molecule has 2 rings (SSSR count). The summed E-state index contributed by atoms with van der Waals surface area (Å²) in [5.74, 6) is 1.40. The summed E-state index contributed by atoms with van der Waals surface area (Å²) >= 11 is 0. The van der Waals surface area contributed by atoms with Crippen molar-refractivity contribution < 1.29 is 9.94 Å². The number of rotatable bonds is 5. The number of nitrogens with two attached hydrogens (primary N) is 1. The molecule has 0 saturated carbocycles. The molecule has 1 unspecified atom stereocenters. The molecule has 0 radical (unpaired) electrons. The van der Waals surface area contributed by atoms with Gasteiger partial charge in [-0.2, -0.15) is 0 Å². The Labute approximate surface area is 124 Å². The first-order valence-corrected chi connectivity index (χ1v) is 6.87. The Bertz CT molecular complexity index is 641. The molecule has 0 aliphatic carbocycles. The molecule has 0 fully saturated rings. The number of amidine groups is 1. The number of pyridine rings is 1. The first-order chi connectivity index (χ1) is 10.2. The van der Waals surface area contributed by atoms with Crippen LogP contribution in [0, 0.1) is 0 Å². The van der Waals surface area contributed by atoms with Gasteiger partial charge in [0.05, 0.1) is 5.56 Å². The fourth-order valence-corrected chi connectivity index (χ4v) is 2.03. The van der Waals surface area contributed by atoms with Crippen LogP contribution in [0.3, 0.4) is 0 Å². The van der Waals surface area contributed by atoms with Gasteiger partial charge in [0, 0.05) is 6.20 Å². The maximum absolute atomic E-state index is 8.84. The summed E-state index contributed by atoms with van der Waals surface area (Å²) in [6.45, 7) is 4.27. The SMILES string of the molecule is CCC(C)c1ccccc1Oc1ncccc1/C(N)=N/O. The van der Waals surface area contributed by atoms with Crippen molar-refractivity contribution in [3.8, 4) is 11.6 Å². The summed E-state index contributed by atoms with van der Waals surface area (Å²) in [6.07, 6.45) is 2.62. The molecule has 2 aromatic rings. The van der Waals surface area contributed by atoms with Gasteiger partial charge in [0.2, 0.25) is 5.88 Å². The van der Waals surface area contributed by atoms with Crippen molar-refractivity contribution in [2.75, 3.05) is 0 Å². The Hall–Kier alpha value is -2.56. The Morgan fingerprint density at radius 1 is 1.33 bits per heavy atom. The van der Waals surface area contributed by atoms with E-state index in [2.05, 4.69) is 24.0 Å². The topological polar surface area (TPSA) is 80.7 Å². The predicted octanol–water partition coefficient (Wildman–Crippen LogP) is 3.48. The van der Waals surface area contributed by atoms with Crippen molar-refractivity contribution in [1.82, 2.24) is 4.98 Å². The molecule has 0 amide bonds. The zero-order valence-corrected chi connectivity index (χ0v) is 12.2. The van der Waals surface area contributed by atoms with Gasteiger partial charge in [-0.3, -0.25) is 0 Å². The van der Waals surface area contributed by atoms with Crippen molar-refractivity contribution in [2.45, 2.75) is 26.2 Å². The summed E-state index contributed by atoms with van der Waals surface area (Å²) in [5, 5.41) is 11.8. The van der Waals surface area contributed by atoms with E-state index in [0.29, 0.717) is 17.4 Å². The quantitative estimate of drug-likeness (QED) is 0.381. The fourth-order valence-electron chi connectivity index (χ4n) is 2.03. The lowest BCUT2D eigenvalue weighted by Crippen LogP contribution is -2.14. The third-order valence-corrected chi connectivity index (χ3v) is 3.42. The Kier molecular flexibility index (Phi) is 4.77. The van der Waals surface area contributed by atoms with E-state index in [1.165, 1.54) is 0 Å². The second-order valence-electron chi connectivity index (χ2n) is 4.79. The third kappa shape index (κ3) is 3.31. The molecule has 5 nitrogen and oxygen atoms in total. The largest absolute Gasteiger partial charge is 0.438 e. The van der Waals surface area contributed by atoms with Crippen LogP contribution in [0.4, 0.5) is 0 Å². The number of para-hydroxylation sites is 1. The smallest absolute Gasteiger partial charge is 0.230 e. The molecule has 0 saturated heterocycles. The van der Waals surface area contributed by atoms with E-state index in [1.807, 2.05) is 24.3 Å². The monoisotopic (exact) mass is 285 g/mol. The van der Waals surface area contributed by atoms with Gasteiger partial charge in [0.1, 0.15) is 5.75 Å². The first kappa shape index (κ1) is 14.8. The molecule has 110 valence electrons. The Morgan fingerprint density at radius 2 is 2.10 bits per heavy atom. The zero-order valence-electron chi connectivity index (χ0n) is 12.2. The minimum Gasteiger partial charge on any atom is -0.438 e. The van der Waals surface area contributed by atoms with E-state index in [9.17, 15) is 0 Å². The number of hydrogen-bond donors (Lipinski definition) is 2. The highest BCUT2D eigenvalue weighted by molar-refractivity contribution is 5.99. The van der Waals surface area contributed by atoms with Crippen LogP contribution in [0.1, 0.15) is 37.3 Å². The molecule has 1 aromatic carbocycles. The number of hydrogen-bond acceptors (Lipinski definition) is 4. The maximum atomic E-state index is 8.84. The number of oxime groups is 1. The Balaban J connectivity index is 2.40. The second-order valence-corrected chi connectivity index (χ2v) is 4.79. The summed E-state index contributed by atoms with van der Waals surface area (Å²) in [5.41, 5.74) is 7.22. The second kappa shape index (κ2) is 6.74. The predicted molar refractivity (Wildman–Crippen MR) is 82.0 cm³/mol. The van der Waals surface area contributed by atoms with Gasteiger partial charge in [-0.15, -0.1) is 0 Å². The highest BCUT2D eigenvalue weighted by Gasteiger charge is 2.14. The molecule has 3 N–H and O–H groups in total. The van der Waals surface area contributed by atoms with Gasteiger partial charge in [-0.05, 0) is 36.1 Å². The van der Waals surface area contributed by atoms with Gasteiger partial charge in [0.25, 0.3) is 0 Å². The highest BCUT2D eigenvalue weighted by Crippen LogP contribution is 2.32. The third-order valence-electron chi connectivity index (χ3n) is 3.42. The van der Waals surface area contributed by atoms with Crippen molar-refractivity contribution in [3.05, 3.63) is 53.7 Å². The first-order valence-electron chi connectivity index (χ1n) is 6.87. The zero-order chi connectivity index (χ0) is 15.2. The van der Waals surface area contributed by atoms with Gasteiger partial charge < -0.3 is 15.7 Å². The van der Waals surface area contributed by atoms with Crippen molar-refractivity contribution >= 4 is 5.84 Å². The Morgan fingerprint density at radius 3 is 2.81 bits per heavy atom.